The van der Waals surface area contributed by atoms with Crippen LogP contribution in [0.3, 0.4) is 0 Å². The second-order valence-electron chi connectivity index (χ2n) is 5.52. The molecule has 1 aliphatic carbocycles. The van der Waals surface area contributed by atoms with Gasteiger partial charge in [0.1, 0.15) is 0 Å². The number of hydrogen-bond acceptors (Lipinski definition) is 4. The van der Waals surface area contributed by atoms with Crippen molar-refractivity contribution >= 4 is 11.9 Å². The van der Waals surface area contributed by atoms with Gasteiger partial charge in [-0.2, -0.15) is 0 Å². The molecule has 1 saturated carbocycles. The first-order chi connectivity index (χ1) is 9.19. The van der Waals surface area contributed by atoms with E-state index in [0.29, 0.717) is 31.7 Å². The molecule has 1 saturated heterocycles. The Labute approximate surface area is 114 Å². The summed E-state index contributed by atoms with van der Waals surface area (Å²) in [6, 6.07) is 0.729. The molecule has 3 atom stereocenters. The van der Waals surface area contributed by atoms with Crippen LogP contribution in [0.15, 0.2) is 0 Å². The summed E-state index contributed by atoms with van der Waals surface area (Å²) in [5.74, 6) is 0.140. The van der Waals surface area contributed by atoms with E-state index in [4.69, 9.17) is 4.74 Å². The molecule has 0 bridgehead atoms. The highest BCUT2D eigenvalue weighted by molar-refractivity contribution is 5.76. The van der Waals surface area contributed by atoms with Gasteiger partial charge in [0.2, 0.25) is 5.91 Å². The lowest BCUT2D eigenvalue weighted by Crippen LogP contribution is -2.50. The second-order valence-corrected chi connectivity index (χ2v) is 5.52. The first-order valence-electron chi connectivity index (χ1n) is 7.38. The minimum absolute atomic E-state index is 0.0457. The highest BCUT2D eigenvalue weighted by atomic mass is 16.5. The van der Waals surface area contributed by atoms with Crippen molar-refractivity contribution in [1.82, 2.24) is 10.6 Å². The Morgan fingerprint density at radius 2 is 2.21 bits per heavy atom. The van der Waals surface area contributed by atoms with E-state index in [1.54, 1.807) is 0 Å². The molecule has 3 unspecified atom stereocenters. The summed E-state index contributed by atoms with van der Waals surface area (Å²) in [7, 11) is 0. The molecule has 5 nitrogen and oxygen atoms in total. The minimum atomic E-state index is -0.0500. The summed E-state index contributed by atoms with van der Waals surface area (Å²) >= 11 is 0. The zero-order chi connectivity index (χ0) is 13.7. The predicted octanol–water partition coefficient (Wildman–Crippen LogP) is 0.976. The number of ether oxygens (including phenoxy) is 1. The van der Waals surface area contributed by atoms with Gasteiger partial charge in [-0.1, -0.05) is 6.42 Å². The third-order valence-electron chi connectivity index (χ3n) is 4.03. The average molecular weight is 268 g/mol. The van der Waals surface area contributed by atoms with Gasteiger partial charge in [0.25, 0.3) is 0 Å². The van der Waals surface area contributed by atoms with Gasteiger partial charge in [-0.3, -0.25) is 9.59 Å². The quantitative estimate of drug-likeness (QED) is 0.746. The van der Waals surface area contributed by atoms with Crippen LogP contribution in [-0.4, -0.2) is 37.1 Å². The number of esters is 1. The Morgan fingerprint density at radius 3 is 2.89 bits per heavy atom. The fourth-order valence-corrected chi connectivity index (χ4v) is 3.02. The third kappa shape index (κ3) is 4.20. The number of piperidine rings is 1. The number of carbonyl (C=O) groups excluding carboxylic acids is 2. The first-order valence-corrected chi connectivity index (χ1v) is 7.38. The molecule has 2 fully saturated rings. The highest BCUT2D eigenvalue weighted by Gasteiger charge is 2.30. The maximum Gasteiger partial charge on any atom is 0.308 e. The standard InChI is InChI=1S/C14H24N2O3/c1-2-19-14(18)10-4-3-5-11(8-10)16-12-6-7-13(17)15-9-12/h10-12,16H,2-9H2,1H3,(H,15,17). The fourth-order valence-electron chi connectivity index (χ4n) is 3.02. The van der Waals surface area contributed by atoms with E-state index in [9.17, 15) is 9.59 Å². The SMILES string of the molecule is CCOC(=O)C1CCCC(NC2CCC(=O)NC2)C1. The molecule has 2 N–H and O–H groups in total. The summed E-state index contributed by atoms with van der Waals surface area (Å²) in [6.45, 7) is 3.02. The van der Waals surface area contributed by atoms with Crippen molar-refractivity contribution in [2.24, 2.45) is 5.92 Å². The van der Waals surface area contributed by atoms with Crippen molar-refractivity contribution in [1.29, 1.82) is 0 Å². The summed E-state index contributed by atoms with van der Waals surface area (Å²) in [5.41, 5.74) is 0. The zero-order valence-electron chi connectivity index (χ0n) is 11.6. The van der Waals surface area contributed by atoms with Crippen LogP contribution in [0.4, 0.5) is 0 Å². The number of hydrogen-bond donors (Lipinski definition) is 2. The lowest BCUT2D eigenvalue weighted by molar-refractivity contribution is -0.149. The number of amides is 1. The van der Waals surface area contributed by atoms with Gasteiger partial charge in [-0.25, -0.2) is 0 Å². The molecule has 1 amide bonds. The molecule has 2 aliphatic rings. The topological polar surface area (TPSA) is 67.4 Å². The van der Waals surface area contributed by atoms with Crippen molar-refractivity contribution in [2.75, 3.05) is 13.2 Å². The van der Waals surface area contributed by atoms with Crippen LogP contribution in [0.2, 0.25) is 0 Å². The highest BCUT2D eigenvalue weighted by Crippen LogP contribution is 2.26. The van der Waals surface area contributed by atoms with Crippen LogP contribution < -0.4 is 10.6 Å². The Balaban J connectivity index is 1.77. The Hall–Kier alpha value is -1.10. The number of carbonyl (C=O) groups is 2. The molecule has 0 aromatic heterocycles. The number of rotatable bonds is 4. The van der Waals surface area contributed by atoms with E-state index in [0.717, 1.165) is 32.1 Å². The van der Waals surface area contributed by atoms with Gasteiger partial charge in [-0.15, -0.1) is 0 Å². The van der Waals surface area contributed by atoms with Crippen molar-refractivity contribution < 1.29 is 14.3 Å². The Bertz CT molecular complexity index is 323. The maximum atomic E-state index is 11.8. The van der Waals surface area contributed by atoms with E-state index in [2.05, 4.69) is 10.6 Å². The summed E-state index contributed by atoms with van der Waals surface area (Å²) < 4.78 is 5.11. The van der Waals surface area contributed by atoms with Crippen LogP contribution in [0.1, 0.15) is 45.4 Å². The molecular weight excluding hydrogens is 244 g/mol. The van der Waals surface area contributed by atoms with Crippen LogP contribution in [0.5, 0.6) is 0 Å². The minimum Gasteiger partial charge on any atom is -0.466 e. The predicted molar refractivity (Wildman–Crippen MR) is 71.5 cm³/mol. The molecular formula is C14H24N2O3. The molecule has 2 rings (SSSR count). The normalized spacial score (nSPS) is 31.6. The van der Waals surface area contributed by atoms with Crippen LogP contribution in [0, 0.1) is 5.92 Å². The van der Waals surface area contributed by atoms with Crippen molar-refractivity contribution in [3.05, 3.63) is 0 Å². The van der Waals surface area contributed by atoms with Gasteiger partial charge in [0.05, 0.1) is 12.5 Å². The molecule has 0 radical (unpaired) electrons. The molecule has 19 heavy (non-hydrogen) atoms. The molecule has 108 valence electrons. The van der Waals surface area contributed by atoms with Gasteiger partial charge in [0, 0.05) is 25.0 Å². The van der Waals surface area contributed by atoms with E-state index < -0.39 is 0 Å². The first kappa shape index (κ1) is 14.3. The van der Waals surface area contributed by atoms with E-state index >= 15 is 0 Å². The van der Waals surface area contributed by atoms with E-state index in [1.165, 1.54) is 0 Å². The molecule has 1 heterocycles. The van der Waals surface area contributed by atoms with Crippen molar-refractivity contribution in [3.8, 4) is 0 Å². The molecule has 1 aliphatic heterocycles. The molecule has 0 aromatic carbocycles. The van der Waals surface area contributed by atoms with Crippen molar-refractivity contribution in [2.45, 2.75) is 57.5 Å². The summed E-state index contributed by atoms with van der Waals surface area (Å²) in [4.78, 5) is 22.9. The van der Waals surface area contributed by atoms with Crippen molar-refractivity contribution in [3.63, 3.8) is 0 Å². The lowest BCUT2D eigenvalue weighted by atomic mass is 9.85. The molecule has 0 aromatic rings. The van der Waals surface area contributed by atoms with Crippen LogP contribution in [0.25, 0.3) is 0 Å². The smallest absolute Gasteiger partial charge is 0.308 e. The maximum absolute atomic E-state index is 11.8. The number of nitrogens with one attached hydrogen (secondary N) is 2. The molecule has 5 heteroatoms. The van der Waals surface area contributed by atoms with Gasteiger partial charge >= 0.3 is 5.97 Å². The lowest BCUT2D eigenvalue weighted by Gasteiger charge is -2.33. The van der Waals surface area contributed by atoms with Gasteiger partial charge in [-0.05, 0) is 32.6 Å². The molecule has 0 spiro atoms. The largest absolute Gasteiger partial charge is 0.466 e. The third-order valence-corrected chi connectivity index (χ3v) is 4.03. The Morgan fingerprint density at radius 1 is 1.37 bits per heavy atom. The summed E-state index contributed by atoms with van der Waals surface area (Å²) in [6.07, 6.45) is 5.49. The van der Waals surface area contributed by atoms with E-state index in [1.807, 2.05) is 6.92 Å². The van der Waals surface area contributed by atoms with Gasteiger partial charge < -0.3 is 15.4 Å². The Kier molecular flexibility index (Phi) is 5.19. The second kappa shape index (κ2) is 6.89. The summed E-state index contributed by atoms with van der Waals surface area (Å²) in [5, 5.41) is 6.47. The average Bonchev–Trinajstić information content (AvgIpc) is 2.42. The van der Waals surface area contributed by atoms with Crippen LogP contribution >= 0.6 is 0 Å². The van der Waals surface area contributed by atoms with Crippen LogP contribution in [-0.2, 0) is 14.3 Å². The van der Waals surface area contributed by atoms with E-state index in [-0.39, 0.29) is 17.8 Å². The fraction of sp³-hybridized carbons (Fsp3) is 0.857. The van der Waals surface area contributed by atoms with Gasteiger partial charge in [0.15, 0.2) is 0 Å². The zero-order valence-corrected chi connectivity index (χ0v) is 11.6. The monoisotopic (exact) mass is 268 g/mol.